The molecule has 1 N–H and O–H groups in total. The number of rotatable bonds is 1. The molecule has 1 saturated carbocycles. The van der Waals surface area contributed by atoms with E-state index in [9.17, 15) is 4.79 Å². The van der Waals surface area contributed by atoms with Gasteiger partial charge in [-0.3, -0.25) is 9.51 Å². The van der Waals surface area contributed by atoms with Gasteiger partial charge in [-0.05, 0) is 12.3 Å². The van der Waals surface area contributed by atoms with Gasteiger partial charge in [-0.25, -0.2) is 4.79 Å². The molecule has 0 unspecified atom stereocenters. The number of hydrogen-bond acceptors (Lipinski definition) is 3. The molecule has 0 spiro atoms. The number of nitrogens with one attached hydrogen (secondary N) is 1. The van der Waals surface area contributed by atoms with E-state index in [2.05, 4.69) is 21.6 Å². The van der Waals surface area contributed by atoms with Crippen molar-refractivity contribution < 1.29 is 4.52 Å². The second-order valence-electron chi connectivity index (χ2n) is 3.47. The molecule has 0 bridgehead atoms. The highest BCUT2D eigenvalue weighted by Crippen LogP contribution is 2.49. The standard InChI is InChI=1S/C6H10N2O2Si/c1-3-2-6(3,11)4-7-5(9)10-8-4/h3H,2H2,1,11H3,(H,7,8,9)/t3-,6-/m0/s1. The van der Waals surface area contributed by atoms with Crippen LogP contribution in [-0.2, 0) is 5.04 Å². The quantitative estimate of drug-likeness (QED) is 0.548. The van der Waals surface area contributed by atoms with E-state index in [1.807, 2.05) is 0 Å². The summed E-state index contributed by atoms with van der Waals surface area (Å²) < 4.78 is 4.44. The minimum absolute atomic E-state index is 0.201. The average molecular weight is 170 g/mol. The molecule has 1 aliphatic rings. The monoisotopic (exact) mass is 170 g/mol. The van der Waals surface area contributed by atoms with Gasteiger partial charge in [0, 0.05) is 15.3 Å². The van der Waals surface area contributed by atoms with Gasteiger partial charge in [-0.2, -0.15) is 0 Å². The van der Waals surface area contributed by atoms with Crippen LogP contribution in [0, 0.1) is 5.92 Å². The summed E-state index contributed by atoms with van der Waals surface area (Å²) in [7, 11) is 1.03. The lowest BCUT2D eigenvalue weighted by atomic mass is 10.3. The number of H-pyrrole nitrogens is 1. The fourth-order valence-corrected chi connectivity index (χ4v) is 2.21. The number of aromatic nitrogens is 2. The van der Waals surface area contributed by atoms with Gasteiger partial charge >= 0.3 is 5.76 Å². The molecular weight excluding hydrogens is 160 g/mol. The minimum atomic E-state index is -0.436. The lowest BCUT2D eigenvalue weighted by molar-refractivity contribution is 0.379. The molecule has 1 fully saturated rings. The molecule has 0 radical (unpaired) electrons. The first-order valence-electron chi connectivity index (χ1n) is 3.69. The molecular formula is C6H10N2O2Si. The van der Waals surface area contributed by atoms with E-state index in [1.54, 1.807) is 0 Å². The van der Waals surface area contributed by atoms with E-state index in [1.165, 1.54) is 0 Å². The average Bonchev–Trinajstić information content (AvgIpc) is 2.44. The molecule has 2 rings (SSSR count). The van der Waals surface area contributed by atoms with E-state index in [0.717, 1.165) is 22.5 Å². The Bertz CT molecular complexity index is 331. The van der Waals surface area contributed by atoms with Gasteiger partial charge in [-0.1, -0.05) is 12.1 Å². The van der Waals surface area contributed by atoms with E-state index >= 15 is 0 Å². The molecule has 1 aliphatic carbocycles. The molecule has 11 heavy (non-hydrogen) atoms. The van der Waals surface area contributed by atoms with Gasteiger partial charge in [0.15, 0.2) is 5.82 Å². The second kappa shape index (κ2) is 1.85. The highest BCUT2D eigenvalue weighted by molar-refractivity contribution is 6.17. The van der Waals surface area contributed by atoms with Crippen LogP contribution in [0.15, 0.2) is 9.32 Å². The predicted molar refractivity (Wildman–Crippen MR) is 42.5 cm³/mol. The van der Waals surface area contributed by atoms with Gasteiger partial charge < -0.3 is 0 Å². The van der Waals surface area contributed by atoms with Crippen molar-refractivity contribution in [1.29, 1.82) is 0 Å². The van der Waals surface area contributed by atoms with Crippen LogP contribution in [-0.4, -0.2) is 20.4 Å². The summed E-state index contributed by atoms with van der Waals surface area (Å²) in [6.07, 6.45) is 1.14. The summed E-state index contributed by atoms with van der Waals surface area (Å²) in [5.74, 6) is 0.978. The fourth-order valence-electron chi connectivity index (χ4n) is 1.38. The molecule has 60 valence electrons. The Morgan fingerprint density at radius 3 is 2.91 bits per heavy atom. The van der Waals surface area contributed by atoms with Crippen molar-refractivity contribution in [3.63, 3.8) is 0 Å². The molecule has 0 aliphatic heterocycles. The summed E-state index contributed by atoms with van der Waals surface area (Å²) in [6, 6.07) is 0. The molecule has 1 aromatic rings. The first kappa shape index (κ1) is 6.84. The Balaban J connectivity index is 2.38. The van der Waals surface area contributed by atoms with Crippen LogP contribution in [0.4, 0.5) is 0 Å². The molecule has 0 aromatic carbocycles. The third-order valence-corrected chi connectivity index (χ3v) is 4.51. The van der Waals surface area contributed by atoms with Crippen LogP contribution in [0.3, 0.4) is 0 Å². The maximum absolute atomic E-state index is 10.6. The molecule has 0 saturated heterocycles. The van der Waals surface area contributed by atoms with Crippen LogP contribution in [0.2, 0.25) is 0 Å². The normalized spacial score (nSPS) is 35.9. The van der Waals surface area contributed by atoms with E-state index in [4.69, 9.17) is 0 Å². The maximum atomic E-state index is 10.6. The first-order chi connectivity index (χ1) is 5.13. The zero-order valence-electron chi connectivity index (χ0n) is 6.55. The van der Waals surface area contributed by atoms with E-state index < -0.39 is 5.76 Å². The van der Waals surface area contributed by atoms with Crippen molar-refractivity contribution in [2.45, 2.75) is 18.4 Å². The lowest BCUT2D eigenvalue weighted by Crippen LogP contribution is -2.12. The first-order valence-corrected chi connectivity index (χ1v) is 4.69. The highest BCUT2D eigenvalue weighted by atomic mass is 28.1. The Labute approximate surface area is 66.4 Å². The summed E-state index contributed by atoms with van der Waals surface area (Å²) >= 11 is 0. The molecule has 1 aromatic heterocycles. The van der Waals surface area contributed by atoms with Crippen molar-refractivity contribution in [1.82, 2.24) is 10.1 Å². The van der Waals surface area contributed by atoms with Gasteiger partial charge in [-0.15, -0.1) is 0 Å². The van der Waals surface area contributed by atoms with Crippen LogP contribution >= 0.6 is 0 Å². The Morgan fingerprint density at radius 1 is 1.91 bits per heavy atom. The molecule has 5 heteroatoms. The van der Waals surface area contributed by atoms with Crippen LogP contribution in [0.25, 0.3) is 0 Å². The lowest BCUT2D eigenvalue weighted by Gasteiger charge is -2.00. The van der Waals surface area contributed by atoms with Crippen molar-refractivity contribution in [2.24, 2.45) is 5.92 Å². The van der Waals surface area contributed by atoms with Crippen LogP contribution < -0.4 is 5.76 Å². The van der Waals surface area contributed by atoms with Gasteiger partial charge in [0.25, 0.3) is 0 Å². The third-order valence-electron chi connectivity index (χ3n) is 2.64. The SMILES string of the molecule is C[C@H]1C[C@@]1([SiH3])c1noc(=O)[nH]1. The maximum Gasteiger partial charge on any atom is 0.438 e. The summed E-state index contributed by atoms with van der Waals surface area (Å²) in [6.45, 7) is 2.17. The van der Waals surface area contributed by atoms with Gasteiger partial charge in [0.1, 0.15) is 0 Å². The van der Waals surface area contributed by atoms with E-state index in [-0.39, 0.29) is 5.04 Å². The number of nitrogens with zero attached hydrogens (tertiary/aromatic N) is 1. The Hall–Kier alpha value is -0.843. The molecule has 4 nitrogen and oxygen atoms in total. The summed E-state index contributed by atoms with van der Waals surface area (Å²) in [5, 5.41) is 3.89. The van der Waals surface area contributed by atoms with Crippen molar-refractivity contribution in [2.75, 3.05) is 0 Å². The largest absolute Gasteiger partial charge is 0.438 e. The minimum Gasteiger partial charge on any atom is -0.296 e. The summed E-state index contributed by atoms with van der Waals surface area (Å²) in [4.78, 5) is 13.2. The number of hydrogen-bond donors (Lipinski definition) is 1. The topological polar surface area (TPSA) is 58.9 Å². The number of aromatic amines is 1. The van der Waals surface area contributed by atoms with Crippen molar-refractivity contribution in [3.8, 4) is 0 Å². The van der Waals surface area contributed by atoms with Crippen LogP contribution in [0.5, 0.6) is 0 Å². The van der Waals surface area contributed by atoms with Crippen molar-refractivity contribution in [3.05, 3.63) is 16.4 Å². The molecule has 1 heterocycles. The predicted octanol–water partition coefficient (Wildman–Crippen LogP) is -1.04. The van der Waals surface area contributed by atoms with Crippen LogP contribution in [0.1, 0.15) is 19.2 Å². The van der Waals surface area contributed by atoms with E-state index in [0.29, 0.717) is 5.92 Å². The fraction of sp³-hybridized carbons (Fsp3) is 0.667. The third kappa shape index (κ3) is 0.875. The second-order valence-corrected chi connectivity index (χ2v) is 5.25. The highest BCUT2D eigenvalue weighted by Gasteiger charge is 2.50. The van der Waals surface area contributed by atoms with Gasteiger partial charge in [0.2, 0.25) is 0 Å². The van der Waals surface area contributed by atoms with Crippen molar-refractivity contribution >= 4 is 10.2 Å². The molecule has 2 atom stereocenters. The molecule has 0 amide bonds. The smallest absolute Gasteiger partial charge is 0.296 e. The Kier molecular flexibility index (Phi) is 1.15. The zero-order chi connectivity index (χ0) is 8.06. The zero-order valence-corrected chi connectivity index (χ0v) is 8.55. The van der Waals surface area contributed by atoms with Gasteiger partial charge in [0.05, 0.1) is 0 Å². The Morgan fingerprint density at radius 2 is 2.55 bits per heavy atom. The summed E-state index contributed by atoms with van der Waals surface area (Å²) in [5.41, 5.74) is 0.